The number of hydrogen-bond acceptors (Lipinski definition) is 3. The fourth-order valence-corrected chi connectivity index (χ4v) is 2.79. The molecule has 1 heterocycles. The van der Waals surface area contributed by atoms with Crippen LogP contribution in [0.5, 0.6) is 5.75 Å². The Labute approximate surface area is 119 Å². The van der Waals surface area contributed by atoms with E-state index in [1.807, 2.05) is 11.6 Å². The van der Waals surface area contributed by atoms with Gasteiger partial charge < -0.3 is 4.74 Å². The molecule has 102 valence electrons. The zero-order chi connectivity index (χ0) is 13.9. The Bertz CT molecular complexity index is 540. The lowest BCUT2D eigenvalue weighted by atomic mass is 9.86. The molecular formula is C16H21NOS. The summed E-state index contributed by atoms with van der Waals surface area (Å²) in [7, 11) is 0. The highest BCUT2D eigenvalue weighted by atomic mass is 32.1. The molecule has 0 unspecified atom stereocenters. The van der Waals surface area contributed by atoms with E-state index in [9.17, 15) is 0 Å². The first-order chi connectivity index (χ1) is 8.98. The van der Waals surface area contributed by atoms with Crippen LogP contribution in [0.25, 0.3) is 0 Å². The van der Waals surface area contributed by atoms with E-state index in [0.29, 0.717) is 6.61 Å². The number of nitrogens with zero attached hydrogens (tertiary/aromatic N) is 1. The van der Waals surface area contributed by atoms with Crippen LogP contribution in [0.2, 0.25) is 0 Å². The first-order valence-electron chi connectivity index (χ1n) is 6.60. The van der Waals surface area contributed by atoms with Gasteiger partial charge in [0.15, 0.2) is 0 Å². The highest BCUT2D eigenvalue weighted by Crippen LogP contribution is 2.31. The van der Waals surface area contributed by atoms with Crippen molar-refractivity contribution in [1.29, 1.82) is 0 Å². The maximum atomic E-state index is 5.97. The normalized spacial score (nSPS) is 11.6. The lowest BCUT2D eigenvalue weighted by Gasteiger charge is -2.22. The van der Waals surface area contributed by atoms with E-state index in [1.54, 1.807) is 11.3 Å². The van der Waals surface area contributed by atoms with E-state index in [4.69, 9.17) is 4.74 Å². The summed E-state index contributed by atoms with van der Waals surface area (Å²) in [5, 5.41) is 0. The number of thiazole rings is 1. The SMILES string of the molecule is Cc1ncsc1CCOc1ccccc1C(C)(C)C. The molecule has 0 amide bonds. The van der Waals surface area contributed by atoms with Crippen LogP contribution in [-0.4, -0.2) is 11.6 Å². The van der Waals surface area contributed by atoms with Gasteiger partial charge in [0.25, 0.3) is 0 Å². The molecule has 0 spiro atoms. The minimum absolute atomic E-state index is 0.108. The van der Waals surface area contributed by atoms with Crippen LogP contribution in [-0.2, 0) is 11.8 Å². The van der Waals surface area contributed by atoms with Crippen molar-refractivity contribution in [3.05, 3.63) is 45.9 Å². The molecule has 2 rings (SSSR count). The Morgan fingerprint density at radius 3 is 2.58 bits per heavy atom. The molecule has 0 atom stereocenters. The van der Waals surface area contributed by atoms with Crippen LogP contribution < -0.4 is 4.74 Å². The molecule has 0 aliphatic heterocycles. The fourth-order valence-electron chi connectivity index (χ4n) is 2.03. The molecular weight excluding hydrogens is 254 g/mol. The Morgan fingerprint density at radius 2 is 1.95 bits per heavy atom. The van der Waals surface area contributed by atoms with Gasteiger partial charge in [-0.1, -0.05) is 39.0 Å². The first-order valence-corrected chi connectivity index (χ1v) is 7.47. The van der Waals surface area contributed by atoms with Crippen LogP contribution in [0.1, 0.15) is 36.9 Å². The minimum Gasteiger partial charge on any atom is -0.493 e. The lowest BCUT2D eigenvalue weighted by molar-refractivity contribution is 0.313. The standard InChI is InChI=1S/C16H21NOS/c1-12-15(19-11-17-12)9-10-18-14-8-6-5-7-13(14)16(2,3)4/h5-8,11H,9-10H2,1-4H3. The zero-order valence-electron chi connectivity index (χ0n) is 12.1. The van der Waals surface area contributed by atoms with Gasteiger partial charge in [-0.15, -0.1) is 11.3 Å². The van der Waals surface area contributed by atoms with Gasteiger partial charge in [-0.3, -0.25) is 0 Å². The summed E-state index contributed by atoms with van der Waals surface area (Å²) in [6.07, 6.45) is 0.926. The Balaban J connectivity index is 2.02. The topological polar surface area (TPSA) is 22.1 Å². The summed E-state index contributed by atoms with van der Waals surface area (Å²) in [5.74, 6) is 0.997. The van der Waals surface area contributed by atoms with Gasteiger partial charge in [-0.2, -0.15) is 0 Å². The summed E-state index contributed by atoms with van der Waals surface area (Å²) < 4.78 is 5.97. The van der Waals surface area contributed by atoms with Crippen LogP contribution in [0.3, 0.4) is 0 Å². The van der Waals surface area contributed by atoms with Gasteiger partial charge in [0.05, 0.1) is 17.8 Å². The van der Waals surface area contributed by atoms with E-state index < -0.39 is 0 Å². The molecule has 3 heteroatoms. The molecule has 0 fully saturated rings. The second-order valence-electron chi connectivity index (χ2n) is 5.71. The van der Waals surface area contributed by atoms with Crippen LogP contribution in [0.15, 0.2) is 29.8 Å². The molecule has 0 saturated carbocycles. The number of para-hydroxylation sites is 1. The zero-order valence-corrected chi connectivity index (χ0v) is 12.9. The van der Waals surface area contributed by atoms with Gasteiger partial charge in [0.2, 0.25) is 0 Å². The number of rotatable bonds is 4. The quantitative estimate of drug-likeness (QED) is 0.826. The maximum absolute atomic E-state index is 5.97. The molecule has 19 heavy (non-hydrogen) atoms. The summed E-state index contributed by atoms with van der Waals surface area (Å²) in [4.78, 5) is 5.58. The third-order valence-corrected chi connectivity index (χ3v) is 4.12. The summed E-state index contributed by atoms with van der Waals surface area (Å²) >= 11 is 1.70. The predicted octanol–water partition coefficient (Wildman–Crippen LogP) is 4.37. The van der Waals surface area contributed by atoms with Gasteiger partial charge in [0.1, 0.15) is 5.75 Å². The second-order valence-corrected chi connectivity index (χ2v) is 6.64. The van der Waals surface area contributed by atoms with Crippen LogP contribution in [0.4, 0.5) is 0 Å². The molecule has 0 aliphatic carbocycles. The van der Waals surface area contributed by atoms with Crippen molar-refractivity contribution in [2.75, 3.05) is 6.61 Å². The van der Waals surface area contributed by atoms with Gasteiger partial charge in [-0.25, -0.2) is 4.98 Å². The molecule has 0 radical (unpaired) electrons. The molecule has 0 saturated heterocycles. The largest absolute Gasteiger partial charge is 0.493 e. The van der Waals surface area contributed by atoms with Crippen molar-refractivity contribution in [2.24, 2.45) is 0 Å². The Kier molecular flexibility index (Phi) is 4.25. The Morgan fingerprint density at radius 1 is 1.21 bits per heavy atom. The number of hydrogen-bond donors (Lipinski definition) is 0. The van der Waals surface area contributed by atoms with E-state index in [0.717, 1.165) is 17.9 Å². The number of aryl methyl sites for hydroxylation is 1. The molecule has 1 aromatic heterocycles. The third-order valence-electron chi connectivity index (χ3n) is 3.13. The molecule has 1 aromatic carbocycles. The van der Waals surface area contributed by atoms with Crippen LogP contribution >= 0.6 is 11.3 Å². The summed E-state index contributed by atoms with van der Waals surface area (Å²) in [6, 6.07) is 8.30. The number of benzene rings is 1. The molecule has 0 bridgehead atoms. The van der Waals surface area contributed by atoms with Gasteiger partial charge in [0, 0.05) is 11.3 Å². The van der Waals surface area contributed by atoms with Crippen molar-refractivity contribution in [3.8, 4) is 5.75 Å². The van der Waals surface area contributed by atoms with Crippen molar-refractivity contribution in [1.82, 2.24) is 4.98 Å². The number of ether oxygens (including phenoxy) is 1. The van der Waals surface area contributed by atoms with Crippen LogP contribution in [0, 0.1) is 6.92 Å². The van der Waals surface area contributed by atoms with E-state index in [-0.39, 0.29) is 5.41 Å². The predicted molar refractivity (Wildman–Crippen MR) is 81.2 cm³/mol. The Hall–Kier alpha value is -1.35. The average Bonchev–Trinajstić information content (AvgIpc) is 2.75. The maximum Gasteiger partial charge on any atom is 0.123 e. The summed E-state index contributed by atoms with van der Waals surface area (Å²) in [6.45, 7) is 9.39. The fraction of sp³-hybridized carbons (Fsp3) is 0.438. The van der Waals surface area contributed by atoms with E-state index >= 15 is 0 Å². The highest BCUT2D eigenvalue weighted by molar-refractivity contribution is 7.09. The first kappa shape index (κ1) is 14.1. The van der Waals surface area contributed by atoms with Crippen molar-refractivity contribution in [3.63, 3.8) is 0 Å². The van der Waals surface area contributed by atoms with Gasteiger partial charge >= 0.3 is 0 Å². The molecule has 0 N–H and O–H groups in total. The smallest absolute Gasteiger partial charge is 0.123 e. The number of aromatic nitrogens is 1. The van der Waals surface area contributed by atoms with E-state index in [1.165, 1.54) is 10.4 Å². The summed E-state index contributed by atoms with van der Waals surface area (Å²) in [5.41, 5.74) is 4.39. The highest BCUT2D eigenvalue weighted by Gasteiger charge is 2.18. The molecule has 2 nitrogen and oxygen atoms in total. The second kappa shape index (κ2) is 5.74. The third kappa shape index (κ3) is 3.57. The van der Waals surface area contributed by atoms with E-state index in [2.05, 4.69) is 50.9 Å². The molecule has 2 aromatic rings. The minimum atomic E-state index is 0.108. The van der Waals surface area contributed by atoms with Crippen molar-refractivity contribution in [2.45, 2.75) is 39.5 Å². The average molecular weight is 275 g/mol. The monoisotopic (exact) mass is 275 g/mol. The molecule has 0 aliphatic rings. The lowest BCUT2D eigenvalue weighted by Crippen LogP contribution is -2.14. The van der Waals surface area contributed by atoms with Crippen molar-refractivity contribution >= 4 is 11.3 Å². The van der Waals surface area contributed by atoms with Crippen molar-refractivity contribution < 1.29 is 4.74 Å². The van der Waals surface area contributed by atoms with Gasteiger partial charge in [-0.05, 0) is 24.0 Å².